The van der Waals surface area contributed by atoms with Gasteiger partial charge in [0.2, 0.25) is 0 Å². The zero-order valence-corrected chi connectivity index (χ0v) is 8.82. The molecule has 4 nitrogen and oxygen atoms in total. The molecule has 1 aliphatic carbocycles. The lowest BCUT2D eigenvalue weighted by Crippen LogP contribution is -2.32. The lowest BCUT2D eigenvalue weighted by atomic mass is 9.97. The fourth-order valence-corrected chi connectivity index (χ4v) is 1.34. The highest BCUT2D eigenvalue weighted by atomic mass is 16.6. The molecule has 0 aromatic rings. The molecule has 1 unspecified atom stereocenters. The van der Waals surface area contributed by atoms with Gasteiger partial charge in [0.1, 0.15) is 5.76 Å². The molecule has 1 N–H and O–H groups in total. The maximum atomic E-state index is 11.4. The average Bonchev–Trinajstić information content (AvgIpc) is 2.28. The van der Waals surface area contributed by atoms with Gasteiger partial charge >= 0.3 is 0 Å². The molecular weight excluding hydrogens is 196 g/mol. The van der Waals surface area contributed by atoms with Gasteiger partial charge < -0.3 is 14.6 Å². The van der Waals surface area contributed by atoms with Crippen molar-refractivity contribution in [3.63, 3.8) is 0 Å². The third kappa shape index (κ3) is 2.34. The van der Waals surface area contributed by atoms with E-state index in [9.17, 15) is 9.90 Å². The molecule has 0 aromatic carbocycles. The minimum absolute atomic E-state index is 0.116. The van der Waals surface area contributed by atoms with Crippen LogP contribution in [0.4, 0.5) is 0 Å². The Hall–Kier alpha value is -1.39. The quantitative estimate of drug-likeness (QED) is 0.554. The summed E-state index contributed by atoms with van der Waals surface area (Å²) in [6, 6.07) is 0. The van der Waals surface area contributed by atoms with E-state index in [2.05, 4.69) is 6.58 Å². The maximum Gasteiger partial charge on any atom is 0.192 e. The topological polar surface area (TPSA) is 55.8 Å². The number of methoxy groups -OCH3 is 2. The predicted octanol–water partition coefficient (Wildman–Crippen LogP) is 0.937. The van der Waals surface area contributed by atoms with E-state index in [1.165, 1.54) is 32.4 Å². The number of rotatable bonds is 4. The predicted molar refractivity (Wildman–Crippen MR) is 55.0 cm³/mol. The van der Waals surface area contributed by atoms with Crippen molar-refractivity contribution < 1.29 is 19.4 Å². The van der Waals surface area contributed by atoms with Crippen LogP contribution in [0.15, 0.2) is 36.1 Å². The molecule has 0 fully saturated rings. The van der Waals surface area contributed by atoms with Crippen LogP contribution in [-0.2, 0) is 14.3 Å². The van der Waals surface area contributed by atoms with E-state index < -0.39 is 5.79 Å². The van der Waals surface area contributed by atoms with Crippen LogP contribution in [0.3, 0.4) is 0 Å². The molecule has 0 amide bonds. The molecule has 0 bridgehead atoms. The molecule has 0 radical (unpaired) electrons. The number of hydrogen-bond acceptors (Lipinski definition) is 4. The summed E-state index contributed by atoms with van der Waals surface area (Å²) in [6.07, 6.45) is 4.23. The molecular formula is C11H14O4. The minimum atomic E-state index is -1.39. The Morgan fingerprint density at radius 2 is 2.33 bits per heavy atom. The van der Waals surface area contributed by atoms with Crippen LogP contribution in [0.25, 0.3) is 0 Å². The molecule has 4 heteroatoms. The average molecular weight is 210 g/mol. The van der Waals surface area contributed by atoms with Crippen LogP contribution < -0.4 is 0 Å². The number of aliphatic hydroxyl groups is 1. The van der Waals surface area contributed by atoms with E-state index in [0.29, 0.717) is 11.3 Å². The summed E-state index contributed by atoms with van der Waals surface area (Å²) in [5.41, 5.74) is 0.397. The third-order valence-corrected chi connectivity index (χ3v) is 2.28. The maximum absolute atomic E-state index is 11.4. The minimum Gasteiger partial charge on any atom is -0.500 e. The Bertz CT molecular complexity index is 340. The fraction of sp³-hybridized carbons (Fsp3) is 0.364. The van der Waals surface area contributed by atoms with Crippen LogP contribution in [0.2, 0.25) is 0 Å². The Kier molecular flexibility index (Phi) is 3.44. The first-order chi connectivity index (χ1) is 7.06. The summed E-state index contributed by atoms with van der Waals surface area (Å²) in [5.74, 6) is -1.23. The zero-order chi connectivity index (χ0) is 11.5. The van der Waals surface area contributed by atoms with E-state index in [-0.39, 0.29) is 12.2 Å². The van der Waals surface area contributed by atoms with Gasteiger partial charge in [0.05, 0.1) is 19.1 Å². The van der Waals surface area contributed by atoms with Crippen molar-refractivity contribution in [2.24, 2.45) is 0 Å². The molecule has 0 saturated carbocycles. The normalized spacial score (nSPS) is 25.3. The molecule has 0 saturated heterocycles. The van der Waals surface area contributed by atoms with Crippen molar-refractivity contribution in [3.8, 4) is 0 Å². The van der Waals surface area contributed by atoms with Gasteiger partial charge in [0.25, 0.3) is 0 Å². The Balaban J connectivity index is 3.03. The monoisotopic (exact) mass is 210 g/mol. The van der Waals surface area contributed by atoms with Crippen molar-refractivity contribution in [1.29, 1.82) is 0 Å². The Labute approximate surface area is 88.5 Å². The van der Waals surface area contributed by atoms with Gasteiger partial charge in [-0.05, 0) is 18.2 Å². The second-order valence-corrected chi connectivity index (χ2v) is 3.17. The van der Waals surface area contributed by atoms with Crippen molar-refractivity contribution in [3.05, 3.63) is 36.1 Å². The summed E-state index contributed by atoms with van der Waals surface area (Å²) in [7, 11) is 2.83. The number of carbonyl (C=O) groups excluding carboxylic acids is 1. The largest absolute Gasteiger partial charge is 0.500 e. The highest BCUT2D eigenvalue weighted by Crippen LogP contribution is 2.28. The number of hydrogen-bond donors (Lipinski definition) is 1. The van der Waals surface area contributed by atoms with E-state index >= 15 is 0 Å². The van der Waals surface area contributed by atoms with Gasteiger partial charge in [0, 0.05) is 7.11 Å². The van der Waals surface area contributed by atoms with Crippen molar-refractivity contribution in [2.45, 2.75) is 12.2 Å². The van der Waals surface area contributed by atoms with E-state index in [1.54, 1.807) is 0 Å². The number of ether oxygens (including phenoxy) is 2. The number of allylic oxidation sites excluding steroid dienone is 3. The van der Waals surface area contributed by atoms with Crippen molar-refractivity contribution >= 4 is 5.78 Å². The summed E-state index contributed by atoms with van der Waals surface area (Å²) >= 11 is 0. The highest BCUT2D eigenvalue weighted by molar-refractivity contribution is 6.06. The summed E-state index contributed by atoms with van der Waals surface area (Å²) < 4.78 is 9.93. The lowest BCUT2D eigenvalue weighted by molar-refractivity contribution is -0.151. The molecule has 0 aliphatic heterocycles. The number of ketones is 1. The molecule has 0 spiro atoms. The standard InChI is InChI=1S/C11H14O4/c1-4-9(12)8-5-6-11(13,15-3)7-10(8)14-2/h4-6,13H,1,7H2,2-3H3. The first kappa shape index (κ1) is 11.7. The highest BCUT2D eigenvalue weighted by Gasteiger charge is 2.31. The van der Waals surface area contributed by atoms with E-state index in [0.717, 1.165) is 0 Å². The van der Waals surface area contributed by atoms with Gasteiger partial charge in [-0.15, -0.1) is 0 Å². The van der Waals surface area contributed by atoms with Gasteiger partial charge in [-0.3, -0.25) is 4.79 Å². The van der Waals surface area contributed by atoms with Crippen LogP contribution in [0.1, 0.15) is 6.42 Å². The van der Waals surface area contributed by atoms with Gasteiger partial charge in [0.15, 0.2) is 11.6 Å². The van der Waals surface area contributed by atoms with E-state index in [4.69, 9.17) is 9.47 Å². The molecule has 1 rings (SSSR count). The van der Waals surface area contributed by atoms with Gasteiger partial charge in [-0.1, -0.05) is 6.58 Å². The number of carbonyl (C=O) groups is 1. The first-order valence-corrected chi connectivity index (χ1v) is 4.47. The zero-order valence-electron chi connectivity index (χ0n) is 8.82. The molecule has 0 aromatic heterocycles. The van der Waals surface area contributed by atoms with Gasteiger partial charge in [-0.2, -0.15) is 0 Å². The first-order valence-electron chi connectivity index (χ1n) is 4.47. The molecule has 15 heavy (non-hydrogen) atoms. The smallest absolute Gasteiger partial charge is 0.192 e. The van der Waals surface area contributed by atoms with Crippen LogP contribution in [-0.4, -0.2) is 30.9 Å². The molecule has 1 atom stereocenters. The van der Waals surface area contributed by atoms with Crippen molar-refractivity contribution in [2.75, 3.05) is 14.2 Å². The Morgan fingerprint density at radius 1 is 1.67 bits per heavy atom. The van der Waals surface area contributed by atoms with E-state index in [1.807, 2.05) is 0 Å². The van der Waals surface area contributed by atoms with Gasteiger partial charge in [-0.25, -0.2) is 0 Å². The summed E-state index contributed by atoms with van der Waals surface area (Å²) in [6.45, 7) is 3.39. The SMILES string of the molecule is C=CC(=O)C1=C(OC)CC(O)(OC)C=C1. The summed E-state index contributed by atoms with van der Waals surface area (Å²) in [4.78, 5) is 11.4. The van der Waals surface area contributed by atoms with Crippen LogP contribution in [0.5, 0.6) is 0 Å². The lowest BCUT2D eigenvalue weighted by Gasteiger charge is -2.27. The second-order valence-electron chi connectivity index (χ2n) is 3.17. The molecule has 1 aliphatic rings. The Morgan fingerprint density at radius 3 is 2.80 bits per heavy atom. The van der Waals surface area contributed by atoms with Crippen LogP contribution in [0, 0.1) is 0 Å². The van der Waals surface area contributed by atoms with Crippen molar-refractivity contribution in [1.82, 2.24) is 0 Å². The molecule has 82 valence electrons. The summed E-state index contributed by atoms with van der Waals surface area (Å²) in [5, 5.41) is 9.79. The molecule has 0 heterocycles. The van der Waals surface area contributed by atoms with Crippen LogP contribution >= 0.6 is 0 Å². The second kappa shape index (κ2) is 4.42. The third-order valence-electron chi connectivity index (χ3n) is 2.28. The fourth-order valence-electron chi connectivity index (χ4n) is 1.34.